The van der Waals surface area contributed by atoms with Gasteiger partial charge in [-0.3, -0.25) is 4.79 Å². The van der Waals surface area contributed by atoms with E-state index in [-0.39, 0.29) is 0 Å². The highest BCUT2D eigenvalue weighted by atomic mass is 16.5. The molecule has 0 saturated carbocycles. The average Bonchev–Trinajstić information content (AvgIpc) is 2.79. The zero-order chi connectivity index (χ0) is 22.6. The second kappa shape index (κ2) is 9.00. The molecular weight excluding hydrogens is 394 g/mol. The van der Waals surface area contributed by atoms with Crippen LogP contribution in [0, 0.1) is 0 Å². The molecule has 31 heavy (non-hydrogen) atoms. The van der Waals surface area contributed by atoms with Gasteiger partial charge in [0.25, 0.3) is 0 Å². The van der Waals surface area contributed by atoms with Gasteiger partial charge in [0.05, 0.1) is 21.3 Å². The van der Waals surface area contributed by atoms with Crippen LogP contribution in [0.3, 0.4) is 0 Å². The Balaban J connectivity index is 2.43. The molecule has 0 saturated heterocycles. The molecule has 162 valence electrons. The first kappa shape index (κ1) is 22.0. The summed E-state index contributed by atoms with van der Waals surface area (Å²) in [5.41, 5.74) is 1.02. The molecule has 1 unspecified atom stereocenters. The highest BCUT2D eigenvalue weighted by molar-refractivity contribution is 5.92. The number of carboxylic acid groups (broad SMARTS) is 1. The van der Waals surface area contributed by atoms with Crippen LogP contribution in [-0.2, 0) is 10.2 Å². The topological polar surface area (TPSA) is 68.2 Å². The van der Waals surface area contributed by atoms with E-state index in [4.69, 9.17) is 14.2 Å². The molecule has 3 rings (SSSR count). The smallest absolute Gasteiger partial charge is 0.323 e. The van der Waals surface area contributed by atoms with Crippen LogP contribution in [-0.4, -0.2) is 46.5 Å². The summed E-state index contributed by atoms with van der Waals surface area (Å²) in [5, 5.41) is 10.7. The van der Waals surface area contributed by atoms with Crippen molar-refractivity contribution in [3.8, 4) is 17.2 Å². The number of benzene rings is 3. The summed E-state index contributed by atoms with van der Waals surface area (Å²) in [5.74, 6) is 0.424. The molecule has 0 radical (unpaired) electrons. The zero-order valence-corrected chi connectivity index (χ0v) is 18.4. The van der Waals surface area contributed by atoms with Gasteiger partial charge in [0.2, 0.25) is 0 Å². The summed E-state index contributed by atoms with van der Waals surface area (Å²) < 4.78 is 16.5. The number of aliphatic carboxylic acids is 1. The van der Waals surface area contributed by atoms with E-state index in [1.165, 1.54) is 7.11 Å². The normalized spacial score (nSPS) is 12.5. The summed E-state index contributed by atoms with van der Waals surface area (Å²) in [6.45, 7) is 0. The van der Waals surface area contributed by atoms with E-state index >= 15 is 0 Å². The number of hydrogen-bond acceptors (Lipinski definition) is 5. The first-order valence-corrected chi connectivity index (χ1v) is 9.77. The molecule has 3 aromatic rings. The van der Waals surface area contributed by atoms with Crippen molar-refractivity contribution in [3.05, 3.63) is 83.4 Å². The summed E-state index contributed by atoms with van der Waals surface area (Å²) in [7, 11) is 8.46. The van der Waals surface area contributed by atoms with Crippen molar-refractivity contribution < 1.29 is 24.1 Å². The Hall–Kier alpha value is -3.67. The van der Waals surface area contributed by atoms with E-state index in [1.54, 1.807) is 32.4 Å². The lowest BCUT2D eigenvalue weighted by Gasteiger charge is -2.33. The molecule has 0 amide bonds. The molecule has 0 aromatic heterocycles. The number of carbonyl (C=O) groups is 1. The van der Waals surface area contributed by atoms with E-state index in [1.807, 2.05) is 67.5 Å². The monoisotopic (exact) mass is 421 g/mol. The molecule has 1 atom stereocenters. The highest BCUT2D eigenvalue weighted by Gasteiger charge is 2.46. The van der Waals surface area contributed by atoms with Crippen LogP contribution in [0.1, 0.15) is 16.7 Å². The minimum atomic E-state index is -1.53. The molecule has 0 bridgehead atoms. The third-order valence-corrected chi connectivity index (χ3v) is 5.45. The van der Waals surface area contributed by atoms with Crippen molar-refractivity contribution in [2.24, 2.45) is 0 Å². The molecule has 0 aliphatic carbocycles. The zero-order valence-electron chi connectivity index (χ0n) is 18.4. The van der Waals surface area contributed by atoms with Crippen LogP contribution in [0.5, 0.6) is 17.2 Å². The maximum Gasteiger partial charge on any atom is 0.323 e. The summed E-state index contributed by atoms with van der Waals surface area (Å²) in [6.07, 6.45) is 0. The van der Waals surface area contributed by atoms with Gasteiger partial charge < -0.3 is 24.2 Å². The van der Waals surface area contributed by atoms with Gasteiger partial charge in [-0.25, -0.2) is 0 Å². The molecule has 0 heterocycles. The fraction of sp³-hybridized carbons (Fsp3) is 0.240. The van der Waals surface area contributed by atoms with E-state index < -0.39 is 11.4 Å². The predicted octanol–water partition coefficient (Wildman–Crippen LogP) is 4.20. The van der Waals surface area contributed by atoms with Gasteiger partial charge in [0.1, 0.15) is 11.2 Å². The quantitative estimate of drug-likeness (QED) is 0.550. The molecule has 1 N–H and O–H groups in total. The average molecular weight is 421 g/mol. The molecule has 0 fully saturated rings. The third kappa shape index (κ3) is 3.77. The van der Waals surface area contributed by atoms with Crippen LogP contribution in [0.25, 0.3) is 0 Å². The van der Waals surface area contributed by atoms with E-state index in [2.05, 4.69) is 0 Å². The lowest BCUT2D eigenvalue weighted by Crippen LogP contribution is -2.39. The molecule has 0 aliphatic rings. The van der Waals surface area contributed by atoms with Crippen LogP contribution in [0.15, 0.2) is 66.7 Å². The van der Waals surface area contributed by atoms with E-state index in [9.17, 15) is 9.90 Å². The second-order valence-electron chi connectivity index (χ2n) is 7.27. The third-order valence-electron chi connectivity index (χ3n) is 5.45. The van der Waals surface area contributed by atoms with E-state index in [0.29, 0.717) is 33.9 Å². The number of hydrogen-bond donors (Lipinski definition) is 1. The number of carboxylic acids is 1. The van der Waals surface area contributed by atoms with Gasteiger partial charge in [-0.1, -0.05) is 42.5 Å². The van der Waals surface area contributed by atoms with E-state index in [0.717, 1.165) is 5.69 Å². The molecular formula is C25H27NO5. The fourth-order valence-electron chi connectivity index (χ4n) is 3.87. The van der Waals surface area contributed by atoms with Crippen molar-refractivity contribution >= 4 is 11.7 Å². The van der Waals surface area contributed by atoms with Crippen molar-refractivity contribution in [1.29, 1.82) is 0 Å². The van der Waals surface area contributed by atoms with Gasteiger partial charge in [-0.2, -0.15) is 0 Å². The number of nitrogens with zero attached hydrogens (tertiary/aromatic N) is 1. The number of methoxy groups -OCH3 is 3. The first-order chi connectivity index (χ1) is 14.9. The Labute approximate surface area is 182 Å². The summed E-state index contributed by atoms with van der Waals surface area (Å²) >= 11 is 0. The van der Waals surface area contributed by atoms with Gasteiger partial charge in [0.15, 0.2) is 11.5 Å². The van der Waals surface area contributed by atoms with Gasteiger partial charge in [-0.15, -0.1) is 0 Å². The van der Waals surface area contributed by atoms with Crippen molar-refractivity contribution in [3.63, 3.8) is 0 Å². The Bertz CT molecular complexity index is 1060. The fourth-order valence-corrected chi connectivity index (χ4v) is 3.87. The summed E-state index contributed by atoms with van der Waals surface area (Å²) in [4.78, 5) is 15.1. The van der Waals surface area contributed by atoms with Crippen molar-refractivity contribution in [2.75, 3.05) is 40.3 Å². The Kier molecular flexibility index (Phi) is 6.39. The molecule has 0 spiro atoms. The van der Waals surface area contributed by atoms with Crippen LogP contribution >= 0.6 is 0 Å². The predicted molar refractivity (Wildman–Crippen MR) is 121 cm³/mol. The van der Waals surface area contributed by atoms with Gasteiger partial charge >= 0.3 is 5.97 Å². The SMILES string of the molecule is COc1ccc(C(C(=O)O)(c2ccccc2)c2ccc(N(C)C)cc2OC)cc1OC. The lowest BCUT2D eigenvalue weighted by atomic mass is 9.69. The highest BCUT2D eigenvalue weighted by Crippen LogP contribution is 2.46. The molecule has 6 nitrogen and oxygen atoms in total. The largest absolute Gasteiger partial charge is 0.496 e. The second-order valence-corrected chi connectivity index (χ2v) is 7.27. The number of rotatable bonds is 8. The maximum absolute atomic E-state index is 13.1. The first-order valence-electron chi connectivity index (χ1n) is 9.77. The van der Waals surface area contributed by atoms with Crippen molar-refractivity contribution in [2.45, 2.75) is 5.41 Å². The van der Waals surface area contributed by atoms with Gasteiger partial charge in [-0.05, 0) is 29.3 Å². The Morgan fingerprint density at radius 2 is 1.42 bits per heavy atom. The Morgan fingerprint density at radius 1 is 0.774 bits per heavy atom. The van der Waals surface area contributed by atoms with Crippen LogP contribution in [0.2, 0.25) is 0 Å². The molecule has 0 aliphatic heterocycles. The number of anilines is 1. The molecule has 3 aromatic carbocycles. The van der Waals surface area contributed by atoms with Crippen LogP contribution < -0.4 is 19.1 Å². The minimum absolute atomic E-state index is 0.449. The molecule has 6 heteroatoms. The lowest BCUT2D eigenvalue weighted by molar-refractivity contribution is -0.140. The Morgan fingerprint density at radius 3 is 1.97 bits per heavy atom. The number of ether oxygens (including phenoxy) is 3. The summed E-state index contributed by atoms with van der Waals surface area (Å²) in [6, 6.07) is 19.9. The maximum atomic E-state index is 13.1. The van der Waals surface area contributed by atoms with Crippen molar-refractivity contribution in [1.82, 2.24) is 0 Å². The van der Waals surface area contributed by atoms with Gasteiger partial charge in [0, 0.05) is 31.4 Å². The standard InChI is InChI=1S/C25H27NO5/c1-26(2)19-12-13-20(22(16-19)30-4)25(24(27)28,17-9-7-6-8-10-17)18-11-14-21(29-3)23(15-18)31-5/h6-16H,1-5H3,(H,27,28). The minimum Gasteiger partial charge on any atom is -0.496 e. The van der Waals surface area contributed by atoms with Crippen LogP contribution in [0.4, 0.5) is 5.69 Å².